The van der Waals surface area contributed by atoms with Crippen molar-refractivity contribution in [1.29, 1.82) is 0 Å². The van der Waals surface area contributed by atoms with Crippen LogP contribution in [0.2, 0.25) is 0 Å². The summed E-state index contributed by atoms with van der Waals surface area (Å²) in [4.78, 5) is 7.45. The second-order valence-corrected chi connectivity index (χ2v) is 7.35. The minimum Gasteiger partial charge on any atom is -0.306 e. The molecule has 90 valence electrons. The summed E-state index contributed by atoms with van der Waals surface area (Å²) < 4.78 is 0. The summed E-state index contributed by atoms with van der Waals surface area (Å²) in [7, 11) is 0. The van der Waals surface area contributed by atoms with Gasteiger partial charge in [-0.3, -0.25) is 0 Å². The van der Waals surface area contributed by atoms with Gasteiger partial charge in [0.15, 0.2) is 0 Å². The van der Waals surface area contributed by atoms with Crippen LogP contribution in [0.1, 0.15) is 15.9 Å². The van der Waals surface area contributed by atoms with Crippen LogP contribution in [0.5, 0.6) is 0 Å². The monoisotopic (exact) mass is 282 g/mol. The van der Waals surface area contributed by atoms with E-state index in [1.807, 2.05) is 23.1 Å². The molecule has 2 aromatic heterocycles. The Morgan fingerprint density at radius 2 is 2.41 bits per heavy atom. The molecule has 1 saturated heterocycles. The zero-order valence-electron chi connectivity index (χ0n) is 9.60. The highest BCUT2D eigenvalue weighted by Crippen LogP contribution is 2.34. The predicted molar refractivity (Wildman–Crippen MR) is 78.2 cm³/mol. The Balaban J connectivity index is 1.90. The van der Waals surface area contributed by atoms with Crippen LogP contribution in [0, 0.1) is 6.92 Å². The van der Waals surface area contributed by atoms with E-state index in [0.717, 1.165) is 12.3 Å². The summed E-state index contributed by atoms with van der Waals surface area (Å²) in [6.45, 7) is 3.27. The lowest BCUT2D eigenvalue weighted by Crippen LogP contribution is -2.30. The first-order chi connectivity index (χ1) is 8.34. The fraction of sp³-hybridized carbons (Fsp3) is 0.417. The van der Waals surface area contributed by atoms with Gasteiger partial charge >= 0.3 is 0 Å². The summed E-state index contributed by atoms with van der Waals surface area (Å²) in [5.41, 5.74) is 1.18. The predicted octanol–water partition coefficient (Wildman–Crippen LogP) is 3.56. The Morgan fingerprint density at radius 1 is 1.47 bits per heavy atom. The molecule has 17 heavy (non-hydrogen) atoms. The van der Waals surface area contributed by atoms with Gasteiger partial charge in [-0.15, -0.1) is 22.7 Å². The molecule has 2 aromatic rings. The van der Waals surface area contributed by atoms with Crippen molar-refractivity contribution in [2.24, 2.45) is 0 Å². The molecule has 0 aliphatic carbocycles. The molecule has 0 spiro atoms. The molecular weight excluding hydrogens is 268 g/mol. The van der Waals surface area contributed by atoms with Crippen LogP contribution in [-0.2, 0) is 0 Å². The molecule has 1 unspecified atom stereocenters. The standard InChI is InChI=1S/C12H14N2S3/c1-8-11(10-3-2-5-16-10)14-12(17-8)9-7-15-6-4-13-9/h2-3,5,9,13H,4,6-7H2,1H3. The van der Waals surface area contributed by atoms with Crippen molar-refractivity contribution < 1.29 is 0 Å². The SMILES string of the molecule is Cc1sc(C2CSCCN2)nc1-c1cccs1. The second-order valence-electron chi connectivity index (χ2n) is 4.02. The number of hydrogen-bond donors (Lipinski definition) is 1. The number of nitrogens with one attached hydrogen (secondary N) is 1. The summed E-state index contributed by atoms with van der Waals surface area (Å²) in [6.07, 6.45) is 0. The number of thioether (sulfide) groups is 1. The zero-order chi connectivity index (χ0) is 11.7. The topological polar surface area (TPSA) is 24.9 Å². The van der Waals surface area contributed by atoms with Crippen molar-refractivity contribution in [2.75, 3.05) is 18.1 Å². The second kappa shape index (κ2) is 5.10. The molecule has 1 aliphatic rings. The van der Waals surface area contributed by atoms with Gasteiger partial charge in [0.1, 0.15) is 5.01 Å². The number of thiophene rings is 1. The molecule has 2 nitrogen and oxygen atoms in total. The van der Waals surface area contributed by atoms with E-state index >= 15 is 0 Å². The van der Waals surface area contributed by atoms with Gasteiger partial charge < -0.3 is 5.32 Å². The molecule has 0 bridgehead atoms. The normalized spacial score (nSPS) is 20.6. The van der Waals surface area contributed by atoms with E-state index in [4.69, 9.17) is 4.98 Å². The molecular formula is C12H14N2S3. The number of nitrogens with zero attached hydrogens (tertiary/aromatic N) is 1. The maximum atomic E-state index is 4.83. The molecule has 0 saturated carbocycles. The quantitative estimate of drug-likeness (QED) is 0.911. The highest BCUT2D eigenvalue weighted by Gasteiger charge is 2.20. The van der Waals surface area contributed by atoms with E-state index < -0.39 is 0 Å². The molecule has 1 atom stereocenters. The average Bonchev–Trinajstić information content (AvgIpc) is 2.99. The van der Waals surface area contributed by atoms with E-state index in [9.17, 15) is 0 Å². The zero-order valence-corrected chi connectivity index (χ0v) is 12.1. The van der Waals surface area contributed by atoms with E-state index in [2.05, 4.69) is 29.8 Å². The van der Waals surface area contributed by atoms with E-state index in [-0.39, 0.29) is 0 Å². The van der Waals surface area contributed by atoms with Gasteiger partial charge in [-0.25, -0.2) is 4.98 Å². The maximum Gasteiger partial charge on any atom is 0.111 e. The Kier molecular flexibility index (Phi) is 3.51. The highest BCUT2D eigenvalue weighted by atomic mass is 32.2. The third kappa shape index (κ3) is 2.42. The largest absolute Gasteiger partial charge is 0.306 e. The van der Waals surface area contributed by atoms with Gasteiger partial charge in [0.05, 0.1) is 16.6 Å². The Hall–Kier alpha value is -0.360. The van der Waals surface area contributed by atoms with Gasteiger partial charge in [-0.2, -0.15) is 11.8 Å². The number of rotatable bonds is 2. The number of thiazole rings is 1. The molecule has 5 heteroatoms. The van der Waals surface area contributed by atoms with Crippen molar-refractivity contribution in [3.63, 3.8) is 0 Å². The summed E-state index contributed by atoms with van der Waals surface area (Å²) in [6, 6.07) is 4.69. The van der Waals surface area contributed by atoms with Crippen LogP contribution in [-0.4, -0.2) is 23.0 Å². The van der Waals surface area contributed by atoms with Crippen LogP contribution >= 0.6 is 34.4 Å². The van der Waals surface area contributed by atoms with Crippen molar-refractivity contribution in [3.8, 4) is 10.6 Å². The fourth-order valence-corrected chi connectivity index (χ4v) is 4.83. The first-order valence-corrected chi connectivity index (χ1v) is 8.52. The molecule has 1 aliphatic heterocycles. The Labute approximate surface area is 113 Å². The average molecular weight is 282 g/mol. The van der Waals surface area contributed by atoms with E-state index in [1.54, 1.807) is 11.3 Å². The highest BCUT2D eigenvalue weighted by molar-refractivity contribution is 7.99. The molecule has 3 heterocycles. The third-order valence-electron chi connectivity index (χ3n) is 2.79. The molecule has 0 aromatic carbocycles. The van der Waals surface area contributed by atoms with Crippen LogP contribution in [0.3, 0.4) is 0 Å². The van der Waals surface area contributed by atoms with Crippen molar-refractivity contribution in [2.45, 2.75) is 13.0 Å². The lowest BCUT2D eigenvalue weighted by Gasteiger charge is -2.20. The summed E-state index contributed by atoms with van der Waals surface area (Å²) in [5.74, 6) is 2.37. The van der Waals surface area contributed by atoms with E-state index in [0.29, 0.717) is 6.04 Å². The molecule has 0 amide bonds. The molecule has 1 N–H and O–H groups in total. The van der Waals surface area contributed by atoms with Crippen molar-refractivity contribution in [3.05, 3.63) is 27.4 Å². The van der Waals surface area contributed by atoms with Gasteiger partial charge in [0.25, 0.3) is 0 Å². The molecule has 3 rings (SSSR count). The van der Waals surface area contributed by atoms with Gasteiger partial charge in [-0.1, -0.05) is 6.07 Å². The van der Waals surface area contributed by atoms with Crippen molar-refractivity contribution in [1.82, 2.24) is 10.3 Å². The fourth-order valence-electron chi connectivity index (χ4n) is 1.93. The first-order valence-electron chi connectivity index (χ1n) is 5.67. The van der Waals surface area contributed by atoms with Crippen LogP contribution in [0.4, 0.5) is 0 Å². The minimum absolute atomic E-state index is 0.450. The Morgan fingerprint density at radius 3 is 3.12 bits per heavy atom. The summed E-state index contributed by atoms with van der Waals surface area (Å²) >= 11 is 5.62. The first kappa shape index (κ1) is 11.7. The Bertz CT molecular complexity index is 484. The summed E-state index contributed by atoms with van der Waals surface area (Å²) in [5, 5.41) is 6.91. The van der Waals surface area contributed by atoms with E-state index in [1.165, 1.54) is 26.2 Å². The van der Waals surface area contributed by atoms with Crippen LogP contribution < -0.4 is 5.32 Å². The van der Waals surface area contributed by atoms with Crippen molar-refractivity contribution >= 4 is 34.4 Å². The lowest BCUT2D eigenvalue weighted by molar-refractivity contribution is 0.592. The van der Waals surface area contributed by atoms with Crippen LogP contribution in [0.25, 0.3) is 10.6 Å². The van der Waals surface area contributed by atoms with Gasteiger partial charge in [-0.05, 0) is 18.4 Å². The minimum atomic E-state index is 0.450. The van der Waals surface area contributed by atoms with Gasteiger partial charge in [0, 0.05) is 22.9 Å². The number of aromatic nitrogens is 1. The lowest BCUT2D eigenvalue weighted by atomic mass is 10.3. The molecule has 1 fully saturated rings. The number of aryl methyl sites for hydroxylation is 1. The maximum absolute atomic E-state index is 4.83. The van der Waals surface area contributed by atoms with Gasteiger partial charge in [0.2, 0.25) is 0 Å². The third-order valence-corrected chi connectivity index (χ3v) is 5.81. The smallest absolute Gasteiger partial charge is 0.111 e. The van der Waals surface area contributed by atoms with Crippen LogP contribution in [0.15, 0.2) is 17.5 Å². The number of hydrogen-bond acceptors (Lipinski definition) is 5. The molecule has 0 radical (unpaired) electrons.